The number of benzene rings is 1. The zero-order valence-electron chi connectivity index (χ0n) is 10.5. The van der Waals surface area contributed by atoms with E-state index in [1.807, 2.05) is 5.32 Å². The predicted molar refractivity (Wildman–Crippen MR) is 67.1 cm³/mol. The van der Waals surface area contributed by atoms with Gasteiger partial charge in [0.15, 0.2) is 5.75 Å². The molecule has 0 aromatic heterocycles. The molecule has 0 saturated carbocycles. The molecular weight excluding hydrogens is 256 g/mol. The largest absolute Gasteiger partial charge is 0.490 e. The standard InChI is InChI=1S/C11H14N2O6/c1-3-18-9-6-7(12-11(14)15)5-8(13(16)17)10(9)19-4-2/h5-6,12H,3-4H2,1-2H3,(H,14,15). The molecule has 2 N–H and O–H groups in total. The van der Waals surface area contributed by atoms with Crippen molar-refractivity contribution in [2.24, 2.45) is 0 Å². The number of nitro benzene ring substituents is 1. The zero-order chi connectivity index (χ0) is 14.4. The van der Waals surface area contributed by atoms with E-state index in [0.29, 0.717) is 0 Å². The number of carbonyl (C=O) groups is 1. The van der Waals surface area contributed by atoms with E-state index in [0.717, 1.165) is 6.07 Å². The quantitative estimate of drug-likeness (QED) is 0.606. The molecule has 0 radical (unpaired) electrons. The number of anilines is 1. The van der Waals surface area contributed by atoms with Crippen LogP contribution in [0.5, 0.6) is 11.5 Å². The van der Waals surface area contributed by atoms with Crippen LogP contribution in [0.3, 0.4) is 0 Å². The Labute approximate surface area is 109 Å². The van der Waals surface area contributed by atoms with Crippen molar-refractivity contribution in [3.63, 3.8) is 0 Å². The smallest absolute Gasteiger partial charge is 0.409 e. The fourth-order valence-corrected chi connectivity index (χ4v) is 1.47. The maximum atomic E-state index is 11.0. The fraction of sp³-hybridized carbons (Fsp3) is 0.364. The van der Waals surface area contributed by atoms with Crippen LogP contribution in [-0.4, -0.2) is 29.3 Å². The van der Waals surface area contributed by atoms with Gasteiger partial charge in [-0.25, -0.2) is 4.79 Å². The van der Waals surface area contributed by atoms with E-state index in [2.05, 4.69) is 0 Å². The van der Waals surface area contributed by atoms with E-state index in [1.165, 1.54) is 6.07 Å². The lowest BCUT2D eigenvalue weighted by atomic mass is 10.2. The van der Waals surface area contributed by atoms with E-state index < -0.39 is 11.0 Å². The van der Waals surface area contributed by atoms with E-state index in [-0.39, 0.29) is 36.1 Å². The maximum absolute atomic E-state index is 11.0. The summed E-state index contributed by atoms with van der Waals surface area (Å²) in [7, 11) is 0. The summed E-state index contributed by atoms with van der Waals surface area (Å²) < 4.78 is 10.4. The van der Waals surface area contributed by atoms with E-state index >= 15 is 0 Å². The van der Waals surface area contributed by atoms with Gasteiger partial charge in [0, 0.05) is 12.1 Å². The van der Waals surface area contributed by atoms with Gasteiger partial charge in [0.05, 0.1) is 23.8 Å². The van der Waals surface area contributed by atoms with Crippen molar-refractivity contribution in [1.29, 1.82) is 0 Å². The molecule has 8 heteroatoms. The van der Waals surface area contributed by atoms with Crippen LogP contribution < -0.4 is 14.8 Å². The van der Waals surface area contributed by atoms with Crippen molar-refractivity contribution in [2.75, 3.05) is 18.5 Å². The number of carboxylic acid groups (broad SMARTS) is 1. The number of nitrogens with zero attached hydrogens (tertiary/aromatic N) is 1. The van der Waals surface area contributed by atoms with Gasteiger partial charge in [-0.2, -0.15) is 0 Å². The Kier molecular flexibility index (Phi) is 4.92. The highest BCUT2D eigenvalue weighted by atomic mass is 16.6. The van der Waals surface area contributed by atoms with E-state index in [1.54, 1.807) is 13.8 Å². The molecule has 0 bridgehead atoms. The molecule has 1 aromatic carbocycles. The van der Waals surface area contributed by atoms with E-state index in [4.69, 9.17) is 14.6 Å². The first-order chi connectivity index (χ1) is 8.99. The van der Waals surface area contributed by atoms with Gasteiger partial charge in [0.1, 0.15) is 0 Å². The molecule has 0 saturated heterocycles. The van der Waals surface area contributed by atoms with Crippen LogP contribution in [-0.2, 0) is 0 Å². The van der Waals surface area contributed by atoms with Crippen molar-refractivity contribution in [3.8, 4) is 11.5 Å². The number of hydrogen-bond acceptors (Lipinski definition) is 5. The summed E-state index contributed by atoms with van der Waals surface area (Å²) in [5, 5.41) is 21.7. The Hall–Kier alpha value is -2.51. The normalized spacial score (nSPS) is 9.79. The third kappa shape index (κ3) is 3.73. The molecule has 0 aliphatic carbocycles. The van der Waals surface area contributed by atoms with Gasteiger partial charge >= 0.3 is 11.8 Å². The minimum atomic E-state index is -1.32. The first kappa shape index (κ1) is 14.6. The average Bonchev–Trinajstić information content (AvgIpc) is 2.31. The summed E-state index contributed by atoms with van der Waals surface area (Å²) in [6, 6.07) is 2.43. The highest BCUT2D eigenvalue weighted by Gasteiger charge is 2.22. The van der Waals surface area contributed by atoms with Gasteiger partial charge in [-0.1, -0.05) is 0 Å². The van der Waals surface area contributed by atoms with Crippen LogP contribution in [0.4, 0.5) is 16.2 Å². The highest BCUT2D eigenvalue weighted by Crippen LogP contribution is 2.40. The average molecular weight is 270 g/mol. The molecule has 104 valence electrons. The van der Waals surface area contributed by atoms with Gasteiger partial charge < -0.3 is 14.6 Å². The lowest BCUT2D eigenvalue weighted by molar-refractivity contribution is -0.385. The molecule has 0 aliphatic heterocycles. The van der Waals surface area contributed by atoms with Crippen molar-refractivity contribution >= 4 is 17.5 Å². The predicted octanol–water partition coefficient (Wildman–Crippen LogP) is 2.48. The first-order valence-electron chi connectivity index (χ1n) is 5.57. The van der Waals surface area contributed by atoms with Gasteiger partial charge in [0.25, 0.3) is 0 Å². The molecule has 0 atom stereocenters. The minimum Gasteiger partial charge on any atom is -0.490 e. The van der Waals surface area contributed by atoms with Gasteiger partial charge in [-0.3, -0.25) is 15.4 Å². The van der Waals surface area contributed by atoms with Crippen LogP contribution in [0.15, 0.2) is 12.1 Å². The Balaban J connectivity index is 3.33. The van der Waals surface area contributed by atoms with Crippen molar-refractivity contribution in [1.82, 2.24) is 0 Å². The summed E-state index contributed by atoms with van der Waals surface area (Å²) >= 11 is 0. The van der Waals surface area contributed by atoms with Crippen molar-refractivity contribution in [3.05, 3.63) is 22.2 Å². The molecule has 0 unspecified atom stereocenters. The lowest BCUT2D eigenvalue weighted by Crippen LogP contribution is -2.09. The number of nitro groups is 1. The molecule has 0 spiro atoms. The highest BCUT2D eigenvalue weighted by molar-refractivity contribution is 5.84. The van der Waals surface area contributed by atoms with E-state index in [9.17, 15) is 14.9 Å². The van der Waals surface area contributed by atoms with Crippen LogP contribution in [0, 0.1) is 10.1 Å². The second-order valence-electron chi connectivity index (χ2n) is 3.38. The number of ether oxygens (including phenoxy) is 2. The number of hydrogen-bond donors (Lipinski definition) is 2. The summed E-state index contributed by atoms with van der Waals surface area (Å²) in [6.07, 6.45) is -1.32. The molecular formula is C11H14N2O6. The monoisotopic (exact) mass is 270 g/mol. The Morgan fingerprint density at radius 1 is 1.37 bits per heavy atom. The second kappa shape index (κ2) is 6.43. The minimum absolute atomic E-state index is 0.00899. The Morgan fingerprint density at radius 3 is 2.47 bits per heavy atom. The molecule has 0 fully saturated rings. The molecule has 1 rings (SSSR count). The van der Waals surface area contributed by atoms with Crippen LogP contribution in [0.2, 0.25) is 0 Å². The summed E-state index contributed by atoms with van der Waals surface area (Å²) in [6.45, 7) is 3.89. The Morgan fingerprint density at radius 2 is 2.00 bits per heavy atom. The van der Waals surface area contributed by atoms with Gasteiger partial charge in [0.2, 0.25) is 5.75 Å². The maximum Gasteiger partial charge on any atom is 0.409 e. The molecule has 8 nitrogen and oxygen atoms in total. The van der Waals surface area contributed by atoms with Crippen molar-refractivity contribution in [2.45, 2.75) is 13.8 Å². The van der Waals surface area contributed by atoms with Gasteiger partial charge in [-0.05, 0) is 13.8 Å². The lowest BCUT2D eigenvalue weighted by Gasteiger charge is -2.12. The first-order valence-corrected chi connectivity index (χ1v) is 5.57. The third-order valence-electron chi connectivity index (χ3n) is 2.07. The molecule has 19 heavy (non-hydrogen) atoms. The third-order valence-corrected chi connectivity index (χ3v) is 2.07. The topological polar surface area (TPSA) is 111 Å². The fourth-order valence-electron chi connectivity index (χ4n) is 1.47. The zero-order valence-corrected chi connectivity index (χ0v) is 10.5. The molecule has 1 amide bonds. The summed E-state index contributed by atoms with van der Waals surface area (Å²) in [5.41, 5.74) is -0.303. The SMILES string of the molecule is CCOc1cc(NC(=O)O)cc([N+](=O)[O-])c1OCC. The second-order valence-corrected chi connectivity index (χ2v) is 3.38. The van der Waals surface area contributed by atoms with Crippen molar-refractivity contribution < 1.29 is 24.3 Å². The van der Waals surface area contributed by atoms with Crippen LogP contribution in [0.1, 0.15) is 13.8 Å². The Bertz CT molecular complexity index is 488. The number of rotatable bonds is 6. The summed E-state index contributed by atoms with van der Waals surface area (Å²) in [4.78, 5) is 20.9. The van der Waals surface area contributed by atoms with Crippen LogP contribution in [0.25, 0.3) is 0 Å². The molecule has 0 aliphatic rings. The molecule has 0 heterocycles. The molecule has 1 aromatic rings. The summed E-state index contributed by atoms with van der Waals surface area (Å²) in [5.74, 6) is 0.118. The van der Waals surface area contributed by atoms with Crippen LogP contribution >= 0.6 is 0 Å². The number of nitrogens with one attached hydrogen (secondary N) is 1. The number of amides is 1. The van der Waals surface area contributed by atoms with Gasteiger partial charge in [-0.15, -0.1) is 0 Å².